The van der Waals surface area contributed by atoms with Crippen molar-refractivity contribution in [1.29, 1.82) is 0 Å². The number of anilines is 1. The molecular weight excluding hydrogens is 306 g/mol. The largest absolute Gasteiger partial charge is 0.481 e. The van der Waals surface area contributed by atoms with Gasteiger partial charge in [-0.25, -0.2) is 0 Å². The Morgan fingerprint density at radius 2 is 2.14 bits per heavy atom. The smallest absolute Gasteiger partial charge is 0.313 e. The number of carboxylic acid groups (broad SMARTS) is 1. The molecule has 0 saturated heterocycles. The summed E-state index contributed by atoms with van der Waals surface area (Å²) in [5, 5.41) is 17.9. The summed E-state index contributed by atoms with van der Waals surface area (Å²) >= 11 is 2.69. The molecule has 0 amide bonds. The van der Waals surface area contributed by atoms with Gasteiger partial charge in [0.15, 0.2) is 4.34 Å². The van der Waals surface area contributed by atoms with Crippen LogP contribution < -0.4 is 4.90 Å². The SMILES string of the molecule is O=C(O)CSc1nnc(N2CCCc3ccccc3C2)s1. The van der Waals surface area contributed by atoms with Gasteiger partial charge in [0, 0.05) is 13.1 Å². The van der Waals surface area contributed by atoms with Gasteiger partial charge in [0.25, 0.3) is 0 Å². The Kier molecular flexibility index (Phi) is 4.40. The Labute approximate surface area is 131 Å². The summed E-state index contributed by atoms with van der Waals surface area (Å²) in [5.74, 6) is -0.808. The molecule has 110 valence electrons. The number of aromatic nitrogens is 2. The van der Waals surface area contributed by atoms with E-state index in [-0.39, 0.29) is 5.75 Å². The van der Waals surface area contributed by atoms with Crippen LogP contribution in [0.25, 0.3) is 0 Å². The summed E-state index contributed by atoms with van der Waals surface area (Å²) in [6, 6.07) is 8.50. The molecule has 2 heterocycles. The van der Waals surface area contributed by atoms with Gasteiger partial charge in [-0.05, 0) is 24.0 Å². The van der Waals surface area contributed by atoms with Gasteiger partial charge in [-0.15, -0.1) is 10.2 Å². The topological polar surface area (TPSA) is 66.3 Å². The maximum atomic E-state index is 10.6. The first-order valence-corrected chi connectivity index (χ1v) is 8.52. The first kappa shape index (κ1) is 14.3. The minimum atomic E-state index is -0.833. The van der Waals surface area contributed by atoms with Crippen molar-refractivity contribution in [2.45, 2.75) is 23.7 Å². The van der Waals surface area contributed by atoms with Gasteiger partial charge in [0.05, 0.1) is 5.75 Å². The lowest BCUT2D eigenvalue weighted by Gasteiger charge is -2.18. The van der Waals surface area contributed by atoms with Crippen molar-refractivity contribution < 1.29 is 9.90 Å². The van der Waals surface area contributed by atoms with E-state index in [0.29, 0.717) is 4.34 Å². The lowest BCUT2D eigenvalue weighted by atomic mass is 10.0. The van der Waals surface area contributed by atoms with Crippen LogP contribution in [0.2, 0.25) is 0 Å². The summed E-state index contributed by atoms with van der Waals surface area (Å²) in [5.41, 5.74) is 2.75. The van der Waals surface area contributed by atoms with Crippen LogP contribution in [-0.4, -0.2) is 33.6 Å². The molecule has 0 atom stereocenters. The van der Waals surface area contributed by atoms with Crippen LogP contribution in [0.5, 0.6) is 0 Å². The highest BCUT2D eigenvalue weighted by atomic mass is 32.2. The number of fused-ring (bicyclic) bond motifs is 1. The first-order chi connectivity index (χ1) is 10.2. The predicted molar refractivity (Wildman–Crippen MR) is 84.1 cm³/mol. The minimum absolute atomic E-state index is 0.0253. The maximum Gasteiger partial charge on any atom is 0.313 e. The number of aryl methyl sites for hydroxylation is 1. The third-order valence-electron chi connectivity index (χ3n) is 3.34. The zero-order valence-electron chi connectivity index (χ0n) is 11.4. The molecule has 1 N–H and O–H groups in total. The standard InChI is InChI=1S/C14H15N3O2S2/c18-12(19)9-20-14-16-15-13(21-14)17-7-3-6-10-4-1-2-5-11(10)8-17/h1-2,4-5H,3,6-9H2,(H,18,19). The second kappa shape index (κ2) is 6.44. The minimum Gasteiger partial charge on any atom is -0.481 e. The highest BCUT2D eigenvalue weighted by Crippen LogP contribution is 2.30. The van der Waals surface area contributed by atoms with Gasteiger partial charge in [-0.2, -0.15) is 0 Å². The van der Waals surface area contributed by atoms with Crippen LogP contribution in [0.3, 0.4) is 0 Å². The zero-order chi connectivity index (χ0) is 14.7. The summed E-state index contributed by atoms with van der Waals surface area (Å²) in [6.07, 6.45) is 2.18. The molecule has 0 radical (unpaired) electrons. The second-order valence-electron chi connectivity index (χ2n) is 4.83. The number of aliphatic carboxylic acids is 1. The molecule has 0 saturated carbocycles. The van der Waals surface area contributed by atoms with E-state index in [1.807, 2.05) is 0 Å². The average molecular weight is 321 g/mol. The molecule has 1 aliphatic heterocycles. The van der Waals surface area contributed by atoms with Gasteiger partial charge in [0.2, 0.25) is 5.13 Å². The van der Waals surface area contributed by atoms with Crippen molar-refractivity contribution in [3.63, 3.8) is 0 Å². The van der Waals surface area contributed by atoms with Crippen LogP contribution in [0.15, 0.2) is 28.6 Å². The first-order valence-electron chi connectivity index (χ1n) is 6.72. The summed E-state index contributed by atoms with van der Waals surface area (Å²) in [6.45, 7) is 1.79. The van der Waals surface area contributed by atoms with Crippen LogP contribution in [0.4, 0.5) is 5.13 Å². The van der Waals surface area contributed by atoms with Crippen LogP contribution in [0.1, 0.15) is 17.5 Å². The monoisotopic (exact) mass is 321 g/mol. The van der Waals surface area contributed by atoms with E-state index in [4.69, 9.17) is 5.11 Å². The number of hydrogen-bond donors (Lipinski definition) is 1. The highest BCUT2D eigenvalue weighted by molar-refractivity contribution is 8.01. The molecule has 5 nitrogen and oxygen atoms in total. The Morgan fingerprint density at radius 3 is 2.95 bits per heavy atom. The van der Waals surface area contributed by atoms with E-state index in [2.05, 4.69) is 39.4 Å². The Hall–Kier alpha value is -1.60. The van der Waals surface area contributed by atoms with Gasteiger partial charge >= 0.3 is 5.97 Å². The Morgan fingerprint density at radius 1 is 1.33 bits per heavy atom. The van der Waals surface area contributed by atoms with E-state index in [9.17, 15) is 4.79 Å². The molecule has 1 aromatic heterocycles. The predicted octanol–water partition coefficient (Wildman–Crippen LogP) is 2.67. The van der Waals surface area contributed by atoms with Gasteiger partial charge in [0.1, 0.15) is 0 Å². The van der Waals surface area contributed by atoms with Crippen molar-refractivity contribution in [1.82, 2.24) is 10.2 Å². The molecule has 1 aliphatic rings. The molecule has 0 unspecified atom stereocenters. The number of thioether (sulfide) groups is 1. The van der Waals surface area contributed by atoms with E-state index < -0.39 is 5.97 Å². The third-order valence-corrected chi connectivity index (χ3v) is 5.44. The van der Waals surface area contributed by atoms with Crippen molar-refractivity contribution in [3.05, 3.63) is 35.4 Å². The van der Waals surface area contributed by atoms with Crippen molar-refractivity contribution >= 4 is 34.2 Å². The van der Waals surface area contributed by atoms with Gasteiger partial charge in [-0.3, -0.25) is 4.79 Å². The molecule has 21 heavy (non-hydrogen) atoms. The molecule has 0 bridgehead atoms. The molecule has 7 heteroatoms. The van der Waals surface area contributed by atoms with E-state index >= 15 is 0 Å². The molecule has 1 aromatic carbocycles. The summed E-state index contributed by atoms with van der Waals surface area (Å²) < 4.78 is 0.713. The average Bonchev–Trinajstić information content (AvgIpc) is 2.84. The molecule has 3 rings (SSSR count). The van der Waals surface area contributed by atoms with Crippen molar-refractivity contribution in [3.8, 4) is 0 Å². The fourth-order valence-corrected chi connectivity index (χ4v) is 3.96. The van der Waals surface area contributed by atoms with Crippen molar-refractivity contribution in [2.24, 2.45) is 0 Å². The number of carboxylic acids is 1. The highest BCUT2D eigenvalue weighted by Gasteiger charge is 2.18. The maximum absolute atomic E-state index is 10.6. The van der Waals surface area contributed by atoms with E-state index in [1.165, 1.54) is 34.2 Å². The van der Waals surface area contributed by atoms with Gasteiger partial charge < -0.3 is 10.0 Å². The van der Waals surface area contributed by atoms with Gasteiger partial charge in [-0.1, -0.05) is 47.4 Å². The number of rotatable bonds is 4. The van der Waals surface area contributed by atoms with E-state index in [0.717, 1.165) is 31.1 Å². The van der Waals surface area contributed by atoms with Crippen LogP contribution in [-0.2, 0) is 17.8 Å². The fourth-order valence-electron chi connectivity index (χ4n) is 2.38. The molecule has 0 fully saturated rings. The Bertz CT molecular complexity index is 645. The van der Waals surface area contributed by atoms with E-state index in [1.54, 1.807) is 0 Å². The molecule has 2 aromatic rings. The quantitative estimate of drug-likeness (QED) is 0.873. The number of carbonyl (C=O) groups is 1. The van der Waals surface area contributed by atoms with Crippen LogP contribution >= 0.6 is 23.1 Å². The summed E-state index contributed by atoms with van der Waals surface area (Å²) in [4.78, 5) is 12.8. The number of benzene rings is 1. The fraction of sp³-hybridized carbons (Fsp3) is 0.357. The number of hydrogen-bond acceptors (Lipinski definition) is 6. The van der Waals surface area contributed by atoms with Crippen LogP contribution in [0, 0.1) is 0 Å². The normalized spacial score (nSPS) is 14.6. The molecular formula is C14H15N3O2S2. The molecule has 0 spiro atoms. The van der Waals surface area contributed by atoms with Crippen molar-refractivity contribution in [2.75, 3.05) is 17.2 Å². The molecule has 0 aliphatic carbocycles. The zero-order valence-corrected chi connectivity index (χ0v) is 13.0. The third kappa shape index (κ3) is 3.54. The lowest BCUT2D eigenvalue weighted by molar-refractivity contribution is -0.133. The second-order valence-corrected chi connectivity index (χ2v) is 7.01. The Balaban J connectivity index is 1.73. The number of nitrogens with zero attached hydrogens (tertiary/aromatic N) is 3. The summed E-state index contributed by atoms with van der Waals surface area (Å²) in [7, 11) is 0. The lowest BCUT2D eigenvalue weighted by Crippen LogP contribution is -2.22.